The molecule has 0 spiro atoms. The molecular formula is C15H27IN4. The molecule has 0 heterocycles. The van der Waals surface area contributed by atoms with Gasteiger partial charge in [-0.15, -0.1) is 24.0 Å². The maximum Gasteiger partial charge on any atom is 0.188 e. The number of aliphatic imine (C=N–C) groups is 1. The number of hydrogen-bond acceptors (Lipinski definition) is 2. The number of halogens is 1. The fourth-order valence-corrected chi connectivity index (χ4v) is 1.74. The van der Waals surface area contributed by atoms with Gasteiger partial charge in [-0.05, 0) is 39.3 Å². The summed E-state index contributed by atoms with van der Waals surface area (Å²) in [7, 11) is 2.09. The molecule has 0 fully saturated rings. The van der Waals surface area contributed by atoms with Crippen LogP contribution in [-0.4, -0.2) is 31.6 Å². The molecule has 1 aromatic rings. The van der Waals surface area contributed by atoms with Crippen LogP contribution in [0.5, 0.6) is 0 Å². The Morgan fingerprint density at radius 1 is 1.25 bits per heavy atom. The lowest BCUT2D eigenvalue weighted by atomic mass is 10.1. The molecule has 1 rings (SSSR count). The summed E-state index contributed by atoms with van der Waals surface area (Å²) < 4.78 is 0. The Morgan fingerprint density at radius 2 is 1.85 bits per heavy atom. The van der Waals surface area contributed by atoms with E-state index in [0.717, 1.165) is 19.5 Å². The molecule has 114 valence electrons. The molecule has 0 aliphatic carbocycles. The SMILES string of the molecule is CN(CCCN=C(N)NC(C)(C)C)c1ccccc1.I. The van der Waals surface area contributed by atoms with E-state index in [1.54, 1.807) is 0 Å². The smallest absolute Gasteiger partial charge is 0.188 e. The van der Waals surface area contributed by atoms with E-state index in [4.69, 9.17) is 5.73 Å². The van der Waals surface area contributed by atoms with Gasteiger partial charge in [-0.1, -0.05) is 18.2 Å². The number of anilines is 1. The zero-order chi connectivity index (χ0) is 14.3. The molecule has 0 amide bonds. The molecule has 0 aliphatic rings. The first kappa shape index (κ1) is 19.0. The van der Waals surface area contributed by atoms with E-state index in [9.17, 15) is 0 Å². The van der Waals surface area contributed by atoms with Crippen molar-refractivity contribution < 1.29 is 0 Å². The van der Waals surface area contributed by atoms with Gasteiger partial charge in [0.05, 0.1) is 0 Å². The summed E-state index contributed by atoms with van der Waals surface area (Å²) in [4.78, 5) is 6.56. The zero-order valence-electron chi connectivity index (χ0n) is 12.9. The molecule has 5 heteroatoms. The van der Waals surface area contributed by atoms with Crippen LogP contribution < -0.4 is 16.0 Å². The third-order valence-electron chi connectivity index (χ3n) is 2.63. The lowest BCUT2D eigenvalue weighted by Gasteiger charge is -2.21. The van der Waals surface area contributed by atoms with Crippen LogP contribution in [0.15, 0.2) is 35.3 Å². The summed E-state index contributed by atoms with van der Waals surface area (Å²) in [6, 6.07) is 10.3. The Bertz CT molecular complexity index is 398. The average molecular weight is 390 g/mol. The van der Waals surface area contributed by atoms with Gasteiger partial charge in [-0.2, -0.15) is 0 Å². The molecule has 1 aromatic carbocycles. The van der Waals surface area contributed by atoms with Gasteiger partial charge < -0.3 is 16.0 Å². The van der Waals surface area contributed by atoms with Crippen LogP contribution in [0.2, 0.25) is 0 Å². The van der Waals surface area contributed by atoms with Crippen molar-refractivity contribution in [2.24, 2.45) is 10.7 Å². The number of benzene rings is 1. The fourth-order valence-electron chi connectivity index (χ4n) is 1.74. The maximum absolute atomic E-state index is 5.81. The van der Waals surface area contributed by atoms with Crippen LogP contribution in [0.1, 0.15) is 27.2 Å². The van der Waals surface area contributed by atoms with Crippen LogP contribution in [0.4, 0.5) is 5.69 Å². The van der Waals surface area contributed by atoms with E-state index in [-0.39, 0.29) is 29.5 Å². The third-order valence-corrected chi connectivity index (χ3v) is 2.63. The fraction of sp³-hybridized carbons (Fsp3) is 0.533. The number of guanidine groups is 1. The summed E-state index contributed by atoms with van der Waals surface area (Å²) >= 11 is 0. The number of hydrogen-bond donors (Lipinski definition) is 2. The number of nitrogens with two attached hydrogens (primary N) is 1. The Morgan fingerprint density at radius 3 is 2.40 bits per heavy atom. The molecule has 0 atom stereocenters. The molecule has 3 N–H and O–H groups in total. The predicted molar refractivity (Wildman–Crippen MR) is 99.1 cm³/mol. The van der Waals surface area contributed by atoms with Crippen LogP contribution in [0, 0.1) is 0 Å². The van der Waals surface area contributed by atoms with Gasteiger partial charge in [0.25, 0.3) is 0 Å². The number of nitrogens with zero attached hydrogens (tertiary/aromatic N) is 2. The third kappa shape index (κ3) is 8.24. The van der Waals surface area contributed by atoms with Crippen LogP contribution in [0.25, 0.3) is 0 Å². The summed E-state index contributed by atoms with van der Waals surface area (Å²) in [6.07, 6.45) is 0.984. The summed E-state index contributed by atoms with van der Waals surface area (Å²) in [6.45, 7) is 7.91. The standard InChI is InChI=1S/C15H26N4.HI/c1-15(2,3)18-14(16)17-11-8-12-19(4)13-9-6-5-7-10-13;/h5-7,9-10H,8,11-12H2,1-4H3,(H3,16,17,18);1H. The van der Waals surface area contributed by atoms with E-state index in [1.807, 2.05) is 6.07 Å². The van der Waals surface area contributed by atoms with Crippen LogP contribution in [-0.2, 0) is 0 Å². The van der Waals surface area contributed by atoms with Gasteiger partial charge in [0.15, 0.2) is 5.96 Å². The molecule has 0 saturated heterocycles. The minimum Gasteiger partial charge on any atom is -0.375 e. The first-order valence-electron chi connectivity index (χ1n) is 6.73. The normalized spacial score (nSPS) is 11.7. The second kappa shape index (κ2) is 9.05. The number of para-hydroxylation sites is 1. The van der Waals surface area contributed by atoms with Crippen molar-refractivity contribution in [3.63, 3.8) is 0 Å². The minimum absolute atomic E-state index is 0. The van der Waals surface area contributed by atoms with Crippen molar-refractivity contribution in [3.8, 4) is 0 Å². The summed E-state index contributed by atoms with van der Waals surface area (Å²) in [5.74, 6) is 0.523. The first-order valence-corrected chi connectivity index (χ1v) is 6.73. The zero-order valence-corrected chi connectivity index (χ0v) is 15.2. The predicted octanol–water partition coefficient (Wildman–Crippen LogP) is 2.83. The van der Waals surface area contributed by atoms with Gasteiger partial charge in [-0.3, -0.25) is 4.99 Å². The molecule has 0 unspecified atom stereocenters. The van der Waals surface area contributed by atoms with E-state index in [1.165, 1.54) is 5.69 Å². The summed E-state index contributed by atoms with van der Waals surface area (Å²) in [5, 5.41) is 3.15. The Kier molecular flexibility index (Phi) is 8.60. The molecule has 0 aromatic heterocycles. The highest BCUT2D eigenvalue weighted by atomic mass is 127. The number of nitrogens with one attached hydrogen (secondary N) is 1. The van der Waals surface area contributed by atoms with E-state index in [2.05, 4.69) is 67.3 Å². The van der Waals surface area contributed by atoms with Gasteiger partial charge in [0, 0.05) is 31.4 Å². The van der Waals surface area contributed by atoms with Gasteiger partial charge in [-0.25, -0.2) is 0 Å². The molecule has 0 aliphatic heterocycles. The Labute approximate surface area is 139 Å². The largest absolute Gasteiger partial charge is 0.375 e. The maximum atomic E-state index is 5.81. The van der Waals surface area contributed by atoms with Crippen molar-refractivity contribution in [3.05, 3.63) is 30.3 Å². The van der Waals surface area contributed by atoms with Gasteiger partial charge in [0.1, 0.15) is 0 Å². The quantitative estimate of drug-likeness (QED) is 0.352. The Hall–Kier alpha value is -0.980. The van der Waals surface area contributed by atoms with Gasteiger partial charge in [0.2, 0.25) is 0 Å². The molecule has 0 saturated carbocycles. The highest BCUT2D eigenvalue weighted by molar-refractivity contribution is 14.0. The molecule has 20 heavy (non-hydrogen) atoms. The first-order chi connectivity index (χ1) is 8.88. The molecule has 0 radical (unpaired) electrons. The van der Waals surface area contributed by atoms with Crippen molar-refractivity contribution in [1.29, 1.82) is 0 Å². The second-order valence-corrected chi connectivity index (χ2v) is 5.75. The minimum atomic E-state index is -0.0333. The van der Waals surface area contributed by atoms with Crippen molar-refractivity contribution in [2.45, 2.75) is 32.7 Å². The second-order valence-electron chi connectivity index (χ2n) is 5.75. The summed E-state index contributed by atoms with van der Waals surface area (Å²) in [5.41, 5.74) is 7.01. The van der Waals surface area contributed by atoms with Crippen molar-refractivity contribution in [2.75, 3.05) is 25.0 Å². The van der Waals surface area contributed by atoms with Gasteiger partial charge >= 0.3 is 0 Å². The lowest BCUT2D eigenvalue weighted by molar-refractivity contribution is 0.508. The van der Waals surface area contributed by atoms with E-state index >= 15 is 0 Å². The van der Waals surface area contributed by atoms with Crippen LogP contribution >= 0.6 is 24.0 Å². The molecular weight excluding hydrogens is 363 g/mol. The highest BCUT2D eigenvalue weighted by Gasteiger charge is 2.09. The monoisotopic (exact) mass is 390 g/mol. The molecule has 0 bridgehead atoms. The average Bonchev–Trinajstić information content (AvgIpc) is 2.33. The highest BCUT2D eigenvalue weighted by Crippen LogP contribution is 2.10. The topological polar surface area (TPSA) is 53.6 Å². The Balaban J connectivity index is 0.00000361. The van der Waals surface area contributed by atoms with E-state index < -0.39 is 0 Å². The molecule has 4 nitrogen and oxygen atoms in total. The van der Waals surface area contributed by atoms with E-state index in [0.29, 0.717) is 5.96 Å². The van der Waals surface area contributed by atoms with Crippen molar-refractivity contribution >= 4 is 35.6 Å². The lowest BCUT2D eigenvalue weighted by Crippen LogP contribution is -2.45. The number of rotatable bonds is 5. The van der Waals surface area contributed by atoms with Crippen molar-refractivity contribution in [1.82, 2.24) is 5.32 Å². The van der Waals surface area contributed by atoms with Crippen LogP contribution in [0.3, 0.4) is 0 Å².